The lowest BCUT2D eigenvalue weighted by atomic mass is 10.0. The van der Waals surface area contributed by atoms with Crippen LogP contribution in [0, 0.1) is 11.7 Å². The summed E-state index contributed by atoms with van der Waals surface area (Å²) in [6.07, 6.45) is 0.378. The molecule has 0 aromatic heterocycles. The van der Waals surface area contributed by atoms with Crippen LogP contribution in [0.1, 0.15) is 23.2 Å². The molecule has 2 rings (SSSR count). The summed E-state index contributed by atoms with van der Waals surface area (Å²) in [5.74, 6) is -3.11. The molecular formula is C13H14FNO5S. The Kier molecular flexibility index (Phi) is 4.26. The van der Waals surface area contributed by atoms with Gasteiger partial charge in [-0.15, -0.1) is 0 Å². The van der Waals surface area contributed by atoms with Gasteiger partial charge in [-0.2, -0.15) is 0 Å². The average Bonchev–Trinajstić information content (AvgIpc) is 2.40. The Labute approximate surface area is 120 Å². The van der Waals surface area contributed by atoms with Gasteiger partial charge in [0.25, 0.3) is 0 Å². The van der Waals surface area contributed by atoms with Crippen molar-refractivity contribution in [2.75, 3.05) is 16.8 Å². The minimum atomic E-state index is -3.08. The molecule has 1 aromatic rings. The van der Waals surface area contributed by atoms with E-state index in [1.165, 1.54) is 0 Å². The van der Waals surface area contributed by atoms with Crippen LogP contribution < -0.4 is 5.32 Å². The van der Waals surface area contributed by atoms with E-state index in [-0.39, 0.29) is 35.6 Å². The Morgan fingerprint density at radius 2 is 1.86 bits per heavy atom. The molecule has 0 saturated carbocycles. The van der Waals surface area contributed by atoms with E-state index in [9.17, 15) is 22.4 Å². The molecule has 0 spiro atoms. The number of sulfone groups is 1. The van der Waals surface area contributed by atoms with E-state index in [1.54, 1.807) is 0 Å². The minimum absolute atomic E-state index is 0.0667. The largest absolute Gasteiger partial charge is 0.478 e. The van der Waals surface area contributed by atoms with E-state index < -0.39 is 33.4 Å². The van der Waals surface area contributed by atoms with E-state index >= 15 is 0 Å². The Morgan fingerprint density at radius 1 is 1.24 bits per heavy atom. The van der Waals surface area contributed by atoms with Gasteiger partial charge in [-0.3, -0.25) is 4.79 Å². The van der Waals surface area contributed by atoms with Crippen molar-refractivity contribution < 1.29 is 27.5 Å². The summed E-state index contributed by atoms with van der Waals surface area (Å²) in [6, 6.07) is 3.10. The maximum Gasteiger partial charge on any atom is 0.335 e. The third-order valence-electron chi connectivity index (χ3n) is 3.40. The van der Waals surface area contributed by atoms with Crippen LogP contribution in [0.5, 0.6) is 0 Å². The standard InChI is InChI=1S/C13H14FNO5S/c14-10-2-1-9(13(17)18)7-11(10)15-12(16)8-3-5-21(19,20)6-4-8/h1-2,7-8H,3-6H2,(H,15,16)(H,17,18). The summed E-state index contributed by atoms with van der Waals surface area (Å²) < 4.78 is 36.2. The second-order valence-electron chi connectivity index (χ2n) is 4.92. The predicted octanol–water partition coefficient (Wildman–Crippen LogP) is 1.29. The van der Waals surface area contributed by atoms with Crippen LogP contribution in [0.3, 0.4) is 0 Å². The molecule has 1 amide bonds. The number of halogens is 1. The Balaban J connectivity index is 2.09. The third-order valence-corrected chi connectivity index (χ3v) is 5.11. The molecule has 114 valence electrons. The number of carboxylic acid groups (broad SMARTS) is 1. The highest BCUT2D eigenvalue weighted by atomic mass is 32.2. The molecule has 0 bridgehead atoms. The Bertz CT molecular complexity index is 672. The zero-order valence-corrected chi connectivity index (χ0v) is 11.8. The lowest BCUT2D eigenvalue weighted by molar-refractivity contribution is -0.120. The second kappa shape index (κ2) is 5.80. The molecule has 21 heavy (non-hydrogen) atoms. The molecule has 1 saturated heterocycles. The van der Waals surface area contributed by atoms with Crippen molar-refractivity contribution in [2.45, 2.75) is 12.8 Å². The molecule has 2 N–H and O–H groups in total. The molecule has 0 atom stereocenters. The number of hydrogen-bond acceptors (Lipinski definition) is 4. The Hall–Kier alpha value is -1.96. The van der Waals surface area contributed by atoms with Gasteiger partial charge >= 0.3 is 5.97 Å². The van der Waals surface area contributed by atoms with Crippen LogP contribution in [0.25, 0.3) is 0 Å². The lowest BCUT2D eigenvalue weighted by Gasteiger charge is -2.21. The van der Waals surface area contributed by atoms with Crippen LogP contribution >= 0.6 is 0 Å². The number of nitrogens with one attached hydrogen (secondary N) is 1. The number of rotatable bonds is 3. The monoisotopic (exact) mass is 315 g/mol. The zero-order chi connectivity index (χ0) is 15.6. The molecule has 1 aliphatic heterocycles. The van der Waals surface area contributed by atoms with Crippen LogP contribution in [0.2, 0.25) is 0 Å². The third kappa shape index (κ3) is 3.78. The fourth-order valence-electron chi connectivity index (χ4n) is 2.14. The first-order valence-corrected chi connectivity index (χ1v) is 8.15. The quantitative estimate of drug-likeness (QED) is 0.875. The molecule has 1 heterocycles. The molecule has 0 unspecified atom stereocenters. The van der Waals surface area contributed by atoms with Gasteiger partial charge in [0.05, 0.1) is 22.8 Å². The summed E-state index contributed by atoms with van der Waals surface area (Å²) in [5.41, 5.74) is -0.355. The number of benzene rings is 1. The van der Waals surface area contributed by atoms with Gasteiger partial charge in [0.15, 0.2) is 0 Å². The van der Waals surface area contributed by atoms with Gasteiger partial charge in [-0.25, -0.2) is 17.6 Å². The number of carbonyl (C=O) groups is 2. The fourth-order valence-corrected chi connectivity index (χ4v) is 3.63. The van der Waals surface area contributed by atoms with E-state index in [0.29, 0.717) is 0 Å². The molecule has 0 radical (unpaired) electrons. The molecular weight excluding hydrogens is 301 g/mol. The highest BCUT2D eigenvalue weighted by Crippen LogP contribution is 2.22. The normalized spacial score (nSPS) is 18.1. The molecule has 1 fully saturated rings. The van der Waals surface area contributed by atoms with Crippen LogP contribution in [0.15, 0.2) is 18.2 Å². The summed E-state index contributed by atoms with van der Waals surface area (Å²) in [5, 5.41) is 11.2. The summed E-state index contributed by atoms with van der Waals surface area (Å²) in [7, 11) is -3.08. The van der Waals surface area contributed by atoms with Gasteiger partial charge in [-0.1, -0.05) is 0 Å². The predicted molar refractivity (Wildman–Crippen MR) is 73.4 cm³/mol. The molecule has 0 aliphatic carbocycles. The molecule has 1 aliphatic rings. The SMILES string of the molecule is O=C(O)c1ccc(F)c(NC(=O)C2CCS(=O)(=O)CC2)c1. The second-order valence-corrected chi connectivity index (χ2v) is 7.22. The van der Waals surface area contributed by atoms with Crippen LogP contribution in [0.4, 0.5) is 10.1 Å². The van der Waals surface area contributed by atoms with Crippen molar-refractivity contribution in [3.63, 3.8) is 0 Å². The van der Waals surface area contributed by atoms with Gasteiger partial charge in [0.2, 0.25) is 5.91 Å². The number of carboxylic acids is 1. The van der Waals surface area contributed by atoms with E-state index in [4.69, 9.17) is 5.11 Å². The van der Waals surface area contributed by atoms with Crippen molar-refractivity contribution >= 4 is 27.4 Å². The fraction of sp³-hybridized carbons (Fsp3) is 0.385. The van der Waals surface area contributed by atoms with Gasteiger partial charge < -0.3 is 10.4 Å². The maximum atomic E-state index is 13.6. The zero-order valence-electron chi connectivity index (χ0n) is 11.0. The van der Waals surface area contributed by atoms with Gasteiger partial charge in [0.1, 0.15) is 15.7 Å². The first-order valence-electron chi connectivity index (χ1n) is 6.32. The summed E-state index contributed by atoms with van der Waals surface area (Å²) in [4.78, 5) is 22.8. The van der Waals surface area contributed by atoms with Gasteiger partial charge in [0, 0.05) is 5.92 Å². The lowest BCUT2D eigenvalue weighted by Crippen LogP contribution is -2.32. The van der Waals surface area contributed by atoms with Crippen LogP contribution in [-0.2, 0) is 14.6 Å². The molecule has 1 aromatic carbocycles. The number of aromatic carboxylic acids is 1. The summed E-state index contributed by atoms with van der Waals surface area (Å²) >= 11 is 0. The number of carbonyl (C=O) groups excluding carboxylic acids is 1. The number of anilines is 1. The van der Waals surface area contributed by atoms with Crippen molar-refractivity contribution in [2.24, 2.45) is 5.92 Å². The molecule has 8 heteroatoms. The minimum Gasteiger partial charge on any atom is -0.478 e. The maximum absolute atomic E-state index is 13.6. The first-order chi connectivity index (χ1) is 9.78. The van der Waals surface area contributed by atoms with Crippen molar-refractivity contribution in [3.05, 3.63) is 29.6 Å². The Morgan fingerprint density at radius 3 is 2.43 bits per heavy atom. The van der Waals surface area contributed by atoms with Crippen molar-refractivity contribution in [3.8, 4) is 0 Å². The van der Waals surface area contributed by atoms with Crippen molar-refractivity contribution in [1.82, 2.24) is 0 Å². The van der Waals surface area contributed by atoms with Crippen LogP contribution in [-0.4, -0.2) is 36.9 Å². The van der Waals surface area contributed by atoms with Gasteiger partial charge in [-0.05, 0) is 31.0 Å². The van der Waals surface area contributed by atoms with E-state index in [1.807, 2.05) is 0 Å². The van der Waals surface area contributed by atoms with E-state index in [2.05, 4.69) is 5.32 Å². The average molecular weight is 315 g/mol. The smallest absolute Gasteiger partial charge is 0.335 e. The highest BCUT2D eigenvalue weighted by Gasteiger charge is 2.28. The number of hydrogen-bond donors (Lipinski definition) is 2. The topological polar surface area (TPSA) is 101 Å². The molecule has 6 nitrogen and oxygen atoms in total. The number of amides is 1. The van der Waals surface area contributed by atoms with E-state index in [0.717, 1.165) is 18.2 Å². The highest BCUT2D eigenvalue weighted by molar-refractivity contribution is 7.91. The van der Waals surface area contributed by atoms with Crippen molar-refractivity contribution in [1.29, 1.82) is 0 Å². The summed E-state index contributed by atoms with van der Waals surface area (Å²) in [6.45, 7) is 0. The first kappa shape index (κ1) is 15.4.